The van der Waals surface area contributed by atoms with Crippen LogP contribution >= 0.6 is 0 Å². The maximum atomic E-state index is 13.1. The van der Waals surface area contributed by atoms with Crippen molar-refractivity contribution in [2.45, 2.75) is 6.54 Å². The Morgan fingerprint density at radius 1 is 1.19 bits per heavy atom. The van der Waals surface area contributed by atoms with Crippen LogP contribution in [-0.4, -0.2) is 12.5 Å². The van der Waals surface area contributed by atoms with Gasteiger partial charge in [0.25, 0.3) is 5.91 Å². The lowest BCUT2D eigenvalue weighted by Crippen LogP contribution is -2.23. The van der Waals surface area contributed by atoms with Crippen LogP contribution in [0.4, 0.5) is 4.39 Å². The number of halogens is 1. The topological polar surface area (TPSA) is 55.1 Å². The second-order valence-corrected chi connectivity index (χ2v) is 4.36. The molecule has 0 saturated carbocycles. The summed E-state index contributed by atoms with van der Waals surface area (Å²) >= 11 is 0. The highest BCUT2D eigenvalue weighted by atomic mass is 19.1. The van der Waals surface area contributed by atoms with Gasteiger partial charge in [0, 0.05) is 17.7 Å². The van der Waals surface area contributed by atoms with Crippen LogP contribution in [0.1, 0.15) is 21.5 Å². The van der Waals surface area contributed by atoms with E-state index in [1.54, 1.807) is 6.07 Å². The van der Waals surface area contributed by atoms with Gasteiger partial charge in [-0.2, -0.15) is 0 Å². The van der Waals surface area contributed by atoms with Gasteiger partial charge in [-0.3, -0.25) is 4.79 Å². The summed E-state index contributed by atoms with van der Waals surface area (Å²) in [5.74, 6) is 4.99. The minimum absolute atomic E-state index is 0.282. The smallest absolute Gasteiger partial charge is 0.251 e. The number of nitrogens with one attached hydrogen (secondary N) is 1. The minimum atomic E-state index is -0.433. The van der Waals surface area contributed by atoms with E-state index in [1.807, 2.05) is 24.3 Å². The molecule has 0 unspecified atom stereocenters. The highest BCUT2D eigenvalue weighted by Gasteiger charge is 2.07. The van der Waals surface area contributed by atoms with Gasteiger partial charge < -0.3 is 11.1 Å². The molecule has 4 heteroatoms. The van der Waals surface area contributed by atoms with Gasteiger partial charge in [-0.25, -0.2) is 4.39 Å². The summed E-state index contributed by atoms with van der Waals surface area (Å²) in [4.78, 5) is 12.0. The zero-order chi connectivity index (χ0) is 15.1. The van der Waals surface area contributed by atoms with Crippen LogP contribution in [0.15, 0.2) is 48.5 Å². The van der Waals surface area contributed by atoms with Gasteiger partial charge in [-0.05, 0) is 29.8 Å². The third-order valence-electron chi connectivity index (χ3n) is 2.87. The minimum Gasteiger partial charge on any atom is -0.348 e. The van der Waals surface area contributed by atoms with Gasteiger partial charge in [0.2, 0.25) is 0 Å². The van der Waals surface area contributed by atoms with E-state index in [0.717, 1.165) is 11.1 Å². The second kappa shape index (κ2) is 7.22. The summed E-state index contributed by atoms with van der Waals surface area (Å²) < 4.78 is 13.1. The molecule has 0 fully saturated rings. The summed E-state index contributed by atoms with van der Waals surface area (Å²) in [7, 11) is 0. The van der Waals surface area contributed by atoms with Gasteiger partial charge >= 0.3 is 0 Å². The fourth-order valence-electron chi connectivity index (χ4n) is 1.85. The third kappa shape index (κ3) is 4.16. The SMILES string of the molecule is NCC#Cc1ccccc1CNC(=O)c1cccc(F)c1. The first-order valence-corrected chi connectivity index (χ1v) is 6.51. The molecule has 0 aliphatic rings. The van der Waals surface area contributed by atoms with E-state index >= 15 is 0 Å². The van der Waals surface area contributed by atoms with Gasteiger partial charge in [0.05, 0.1) is 6.54 Å². The summed E-state index contributed by atoms with van der Waals surface area (Å²) in [6.45, 7) is 0.606. The molecular weight excluding hydrogens is 267 g/mol. The van der Waals surface area contributed by atoms with Crippen LogP contribution in [-0.2, 0) is 6.54 Å². The summed E-state index contributed by atoms with van der Waals surface area (Å²) in [6, 6.07) is 13.1. The molecule has 1 amide bonds. The first kappa shape index (κ1) is 14.8. The number of benzene rings is 2. The van der Waals surface area contributed by atoms with Gasteiger partial charge in [-0.15, -0.1) is 0 Å². The number of rotatable bonds is 3. The standard InChI is InChI=1S/C17H15FN2O/c18-16-9-3-7-14(11-16)17(21)20-12-15-6-2-1-5-13(15)8-4-10-19/h1-3,5-7,9,11H,10,12,19H2,(H,20,21). The number of amides is 1. The average Bonchev–Trinajstić information content (AvgIpc) is 2.51. The van der Waals surface area contributed by atoms with Gasteiger partial charge in [-0.1, -0.05) is 36.1 Å². The van der Waals surface area contributed by atoms with Gasteiger partial charge in [0.1, 0.15) is 5.82 Å². The molecule has 0 spiro atoms. The van der Waals surface area contributed by atoms with Crippen molar-refractivity contribution in [3.8, 4) is 11.8 Å². The van der Waals surface area contributed by atoms with Gasteiger partial charge in [0.15, 0.2) is 0 Å². The van der Waals surface area contributed by atoms with Crippen LogP contribution < -0.4 is 11.1 Å². The maximum Gasteiger partial charge on any atom is 0.251 e. The number of hydrogen-bond donors (Lipinski definition) is 2. The van der Waals surface area contributed by atoms with E-state index in [4.69, 9.17) is 5.73 Å². The van der Waals surface area contributed by atoms with Crippen LogP contribution in [0.3, 0.4) is 0 Å². The third-order valence-corrected chi connectivity index (χ3v) is 2.87. The monoisotopic (exact) mass is 282 g/mol. The predicted octanol–water partition coefficient (Wildman–Crippen LogP) is 2.07. The van der Waals surface area contributed by atoms with Crippen molar-refractivity contribution >= 4 is 5.91 Å². The molecule has 0 saturated heterocycles. The maximum absolute atomic E-state index is 13.1. The largest absolute Gasteiger partial charge is 0.348 e. The Hall–Kier alpha value is -2.64. The first-order valence-electron chi connectivity index (χ1n) is 6.51. The fraction of sp³-hybridized carbons (Fsp3) is 0.118. The fourth-order valence-corrected chi connectivity index (χ4v) is 1.85. The Bertz CT molecular complexity index is 701. The molecule has 3 N–H and O–H groups in total. The summed E-state index contributed by atoms with van der Waals surface area (Å²) in [5.41, 5.74) is 7.37. The molecule has 0 bridgehead atoms. The van der Waals surface area contributed by atoms with E-state index in [-0.39, 0.29) is 12.5 Å². The molecule has 0 aliphatic heterocycles. The molecule has 2 aromatic carbocycles. The van der Waals surface area contributed by atoms with Crippen molar-refractivity contribution in [2.24, 2.45) is 5.73 Å². The molecule has 0 aliphatic carbocycles. The molecule has 0 atom stereocenters. The average molecular weight is 282 g/mol. The first-order chi connectivity index (χ1) is 10.2. The van der Waals surface area contributed by atoms with E-state index in [1.165, 1.54) is 18.2 Å². The Morgan fingerprint density at radius 3 is 2.76 bits per heavy atom. The highest BCUT2D eigenvalue weighted by Crippen LogP contribution is 2.08. The molecule has 3 nitrogen and oxygen atoms in total. The quantitative estimate of drug-likeness (QED) is 0.847. The van der Waals surface area contributed by atoms with Crippen LogP contribution in [0.25, 0.3) is 0 Å². The van der Waals surface area contributed by atoms with Crippen molar-refractivity contribution in [2.75, 3.05) is 6.54 Å². The van der Waals surface area contributed by atoms with Crippen molar-refractivity contribution in [1.29, 1.82) is 0 Å². The Kier molecular flexibility index (Phi) is 5.08. The molecular formula is C17H15FN2O. The molecule has 106 valence electrons. The molecule has 0 aromatic heterocycles. The van der Waals surface area contributed by atoms with Crippen molar-refractivity contribution in [3.05, 3.63) is 71.0 Å². The normalized spacial score (nSPS) is 9.62. The second-order valence-electron chi connectivity index (χ2n) is 4.36. The Labute approximate surface area is 123 Å². The summed E-state index contributed by atoms with van der Waals surface area (Å²) in [6.07, 6.45) is 0. The molecule has 0 heterocycles. The lowest BCUT2D eigenvalue weighted by atomic mass is 10.1. The zero-order valence-electron chi connectivity index (χ0n) is 11.4. The van der Waals surface area contributed by atoms with E-state index in [2.05, 4.69) is 17.2 Å². The van der Waals surface area contributed by atoms with E-state index < -0.39 is 5.82 Å². The van der Waals surface area contributed by atoms with Crippen molar-refractivity contribution < 1.29 is 9.18 Å². The molecule has 21 heavy (non-hydrogen) atoms. The van der Waals surface area contributed by atoms with E-state index in [0.29, 0.717) is 12.1 Å². The highest BCUT2D eigenvalue weighted by molar-refractivity contribution is 5.94. The zero-order valence-corrected chi connectivity index (χ0v) is 11.4. The Morgan fingerprint density at radius 2 is 2.00 bits per heavy atom. The number of carbonyl (C=O) groups is 1. The Balaban J connectivity index is 2.08. The number of hydrogen-bond acceptors (Lipinski definition) is 2. The van der Waals surface area contributed by atoms with E-state index in [9.17, 15) is 9.18 Å². The van der Waals surface area contributed by atoms with Crippen LogP contribution in [0, 0.1) is 17.7 Å². The lowest BCUT2D eigenvalue weighted by molar-refractivity contribution is 0.0950. The molecule has 0 radical (unpaired) electrons. The van der Waals surface area contributed by atoms with Crippen molar-refractivity contribution in [1.82, 2.24) is 5.32 Å². The van der Waals surface area contributed by atoms with Crippen LogP contribution in [0.2, 0.25) is 0 Å². The predicted molar refractivity (Wildman–Crippen MR) is 79.9 cm³/mol. The summed E-state index contributed by atoms with van der Waals surface area (Å²) in [5, 5.41) is 2.75. The molecule has 2 aromatic rings. The lowest BCUT2D eigenvalue weighted by Gasteiger charge is -2.07. The number of nitrogens with two attached hydrogens (primary N) is 1. The van der Waals surface area contributed by atoms with Crippen LogP contribution in [0.5, 0.6) is 0 Å². The number of carbonyl (C=O) groups excluding carboxylic acids is 1. The van der Waals surface area contributed by atoms with Crippen molar-refractivity contribution in [3.63, 3.8) is 0 Å². The molecule has 2 rings (SSSR count).